The smallest absolute Gasteiger partial charge is 0.134 e. The van der Waals surface area contributed by atoms with Crippen molar-refractivity contribution in [3.05, 3.63) is 11.6 Å². The van der Waals surface area contributed by atoms with Gasteiger partial charge >= 0.3 is 0 Å². The molecule has 7 atom stereocenters. The van der Waals surface area contributed by atoms with Gasteiger partial charge in [0.25, 0.3) is 0 Å². The van der Waals surface area contributed by atoms with E-state index in [1.54, 1.807) is 12.5 Å². The van der Waals surface area contributed by atoms with E-state index >= 15 is 0 Å². The third-order valence-electron chi connectivity index (χ3n) is 8.27. The summed E-state index contributed by atoms with van der Waals surface area (Å²) in [4.78, 5) is 0. The van der Waals surface area contributed by atoms with Crippen molar-refractivity contribution < 1.29 is 9.50 Å². The highest BCUT2D eigenvalue weighted by Crippen LogP contribution is 2.66. The zero-order chi connectivity index (χ0) is 15.8. The van der Waals surface area contributed by atoms with Crippen molar-refractivity contribution in [1.29, 1.82) is 0 Å². The van der Waals surface area contributed by atoms with Crippen LogP contribution < -0.4 is 0 Å². The molecule has 2 unspecified atom stereocenters. The molecule has 0 aromatic heterocycles. The average molecular weight is 306 g/mol. The number of hydrogen-bond donors (Lipinski definition) is 1. The van der Waals surface area contributed by atoms with E-state index in [1.807, 2.05) is 0 Å². The molecule has 0 spiro atoms. The molecule has 4 aliphatic carbocycles. The van der Waals surface area contributed by atoms with Crippen LogP contribution in [0.5, 0.6) is 0 Å². The lowest BCUT2D eigenvalue weighted by Gasteiger charge is -2.57. The van der Waals surface area contributed by atoms with E-state index in [-0.39, 0.29) is 5.41 Å². The average Bonchev–Trinajstić information content (AvgIpc) is 2.66. The van der Waals surface area contributed by atoms with Gasteiger partial charge in [-0.05, 0) is 80.5 Å². The fourth-order valence-electron chi connectivity index (χ4n) is 7.00. The minimum absolute atomic E-state index is 0.207. The normalized spacial score (nSPS) is 57.6. The van der Waals surface area contributed by atoms with Gasteiger partial charge < -0.3 is 5.11 Å². The minimum Gasteiger partial charge on any atom is -0.389 e. The molecule has 0 bridgehead atoms. The van der Waals surface area contributed by atoms with Crippen molar-refractivity contribution in [1.82, 2.24) is 0 Å². The number of halogens is 1. The molecule has 124 valence electrons. The molecule has 0 aromatic rings. The lowest BCUT2D eigenvalue weighted by Crippen LogP contribution is -2.50. The van der Waals surface area contributed by atoms with Crippen molar-refractivity contribution in [3.8, 4) is 0 Å². The maximum atomic E-state index is 14.9. The number of aliphatic hydroxyl groups is 1. The van der Waals surface area contributed by atoms with E-state index in [9.17, 15) is 9.50 Å². The fraction of sp³-hybridized carbons (Fsp3) is 0.900. The number of alkyl halides is 1. The second-order valence-corrected chi connectivity index (χ2v) is 9.40. The van der Waals surface area contributed by atoms with Gasteiger partial charge in [-0.1, -0.05) is 31.9 Å². The molecule has 3 saturated carbocycles. The van der Waals surface area contributed by atoms with Crippen molar-refractivity contribution in [3.63, 3.8) is 0 Å². The van der Waals surface area contributed by atoms with Crippen LogP contribution in [-0.2, 0) is 0 Å². The summed E-state index contributed by atoms with van der Waals surface area (Å²) in [5.74, 6) is 1.65. The van der Waals surface area contributed by atoms with Gasteiger partial charge in [0.1, 0.15) is 5.67 Å². The molecule has 0 saturated heterocycles. The highest BCUT2D eigenvalue weighted by Gasteiger charge is 2.64. The summed E-state index contributed by atoms with van der Waals surface area (Å²) in [5, 5.41) is 10.6. The third-order valence-corrected chi connectivity index (χ3v) is 8.27. The molecule has 22 heavy (non-hydrogen) atoms. The first-order chi connectivity index (χ1) is 10.3. The summed E-state index contributed by atoms with van der Waals surface area (Å²) >= 11 is 0. The van der Waals surface area contributed by atoms with Crippen LogP contribution in [0.15, 0.2) is 11.6 Å². The molecule has 1 nitrogen and oxygen atoms in total. The Kier molecular flexibility index (Phi) is 3.16. The first-order valence-electron chi connectivity index (χ1n) is 9.35. The molecular formula is C20H31FO. The molecule has 1 N–H and O–H groups in total. The lowest BCUT2D eigenvalue weighted by molar-refractivity contribution is -0.0829. The predicted molar refractivity (Wildman–Crippen MR) is 87.2 cm³/mol. The van der Waals surface area contributed by atoms with Crippen LogP contribution in [0.3, 0.4) is 0 Å². The van der Waals surface area contributed by atoms with Gasteiger partial charge in [0.15, 0.2) is 0 Å². The lowest BCUT2D eigenvalue weighted by atomic mass is 9.48. The van der Waals surface area contributed by atoms with E-state index in [0.29, 0.717) is 29.6 Å². The summed E-state index contributed by atoms with van der Waals surface area (Å²) < 4.78 is 14.9. The first kappa shape index (κ1) is 15.2. The van der Waals surface area contributed by atoms with Gasteiger partial charge in [0, 0.05) is 0 Å². The van der Waals surface area contributed by atoms with Gasteiger partial charge in [0.2, 0.25) is 0 Å². The summed E-state index contributed by atoms with van der Waals surface area (Å²) in [7, 11) is 0. The quantitative estimate of drug-likeness (QED) is 0.622. The summed E-state index contributed by atoms with van der Waals surface area (Å²) in [6, 6.07) is 0. The Balaban J connectivity index is 1.71. The second-order valence-electron chi connectivity index (χ2n) is 9.40. The number of allylic oxidation sites excluding steroid dienone is 2. The number of aliphatic hydroxyl groups excluding tert-OH is 1. The fourth-order valence-corrected chi connectivity index (χ4v) is 7.00. The predicted octanol–water partition coefficient (Wildman–Crippen LogP) is 5.04. The van der Waals surface area contributed by atoms with Crippen LogP contribution >= 0.6 is 0 Å². The van der Waals surface area contributed by atoms with Gasteiger partial charge in [0.05, 0.1) is 6.10 Å². The minimum atomic E-state index is -1.40. The van der Waals surface area contributed by atoms with E-state index in [0.717, 1.165) is 12.8 Å². The molecule has 3 fully saturated rings. The third kappa shape index (κ3) is 1.79. The Morgan fingerprint density at radius 2 is 1.91 bits per heavy atom. The molecule has 4 rings (SSSR count). The zero-order valence-corrected chi connectivity index (χ0v) is 14.4. The molecule has 0 aliphatic heterocycles. The Morgan fingerprint density at radius 3 is 2.68 bits per heavy atom. The maximum Gasteiger partial charge on any atom is 0.134 e. The number of rotatable bonds is 0. The molecule has 4 aliphatic rings. The number of hydrogen-bond acceptors (Lipinski definition) is 1. The standard InChI is InChI=1S/C20H31FO/c1-18-10-5-4-6-13(18)7-8-14-15(18)9-11-19(2)16(14)12-20(3,21)17(19)22/h7,14-17,22H,4-6,8-12H2,1-3H3/t14-,15-,16+,17?,18+,19+,20?/m1/s1. The van der Waals surface area contributed by atoms with Crippen LogP contribution in [0.2, 0.25) is 0 Å². The highest BCUT2D eigenvalue weighted by molar-refractivity contribution is 5.25. The first-order valence-corrected chi connectivity index (χ1v) is 9.35. The van der Waals surface area contributed by atoms with Crippen LogP contribution in [0.1, 0.15) is 72.1 Å². The van der Waals surface area contributed by atoms with E-state index in [2.05, 4.69) is 19.9 Å². The molecule has 0 amide bonds. The van der Waals surface area contributed by atoms with Crippen LogP contribution in [0.25, 0.3) is 0 Å². The van der Waals surface area contributed by atoms with Crippen molar-refractivity contribution in [2.45, 2.75) is 83.9 Å². The highest BCUT2D eigenvalue weighted by atomic mass is 19.1. The molecule has 2 heteroatoms. The molecule has 0 radical (unpaired) electrons. The van der Waals surface area contributed by atoms with Crippen LogP contribution in [0.4, 0.5) is 4.39 Å². The Bertz CT molecular complexity index is 510. The molecular weight excluding hydrogens is 275 g/mol. The largest absolute Gasteiger partial charge is 0.389 e. The van der Waals surface area contributed by atoms with E-state index in [1.165, 1.54) is 32.1 Å². The Hall–Kier alpha value is -0.370. The van der Waals surface area contributed by atoms with Gasteiger partial charge in [-0.3, -0.25) is 0 Å². The topological polar surface area (TPSA) is 20.2 Å². The Labute approximate surface area is 134 Å². The van der Waals surface area contributed by atoms with Crippen molar-refractivity contribution in [2.75, 3.05) is 0 Å². The Morgan fingerprint density at radius 1 is 1.14 bits per heavy atom. The van der Waals surface area contributed by atoms with Crippen molar-refractivity contribution >= 4 is 0 Å². The molecule has 0 heterocycles. The van der Waals surface area contributed by atoms with Crippen molar-refractivity contribution in [2.24, 2.45) is 28.6 Å². The van der Waals surface area contributed by atoms with E-state index in [4.69, 9.17) is 0 Å². The summed E-state index contributed by atoms with van der Waals surface area (Å²) in [6.07, 6.45) is 10.9. The molecule has 0 aromatic carbocycles. The van der Waals surface area contributed by atoms with Gasteiger partial charge in [-0.25, -0.2) is 4.39 Å². The van der Waals surface area contributed by atoms with Crippen LogP contribution in [0, 0.1) is 28.6 Å². The second kappa shape index (κ2) is 4.59. The van der Waals surface area contributed by atoms with Gasteiger partial charge in [-0.15, -0.1) is 0 Å². The summed E-state index contributed by atoms with van der Waals surface area (Å²) in [5.41, 5.74) is 0.459. The zero-order valence-electron chi connectivity index (χ0n) is 14.4. The monoisotopic (exact) mass is 306 g/mol. The SMILES string of the molecule is CC1(F)C[C@H]2[C@@H]3CC=C4CCCC[C@]4(C)[C@@H]3CC[C@]2(C)C1O. The van der Waals surface area contributed by atoms with Gasteiger partial charge in [-0.2, -0.15) is 0 Å². The summed E-state index contributed by atoms with van der Waals surface area (Å²) in [6.45, 7) is 6.27. The van der Waals surface area contributed by atoms with Crippen LogP contribution in [-0.4, -0.2) is 16.9 Å². The van der Waals surface area contributed by atoms with E-state index < -0.39 is 11.8 Å². The maximum absolute atomic E-state index is 14.9. The number of fused-ring (bicyclic) bond motifs is 5.